The Morgan fingerprint density at radius 3 is 2.93 bits per heavy atom. The number of nitriles is 1. The molecule has 1 aromatic carbocycles. The van der Waals surface area contributed by atoms with Crippen LogP contribution in [0.5, 0.6) is 0 Å². The van der Waals surface area contributed by atoms with E-state index in [4.69, 9.17) is 10.7 Å². The van der Waals surface area contributed by atoms with E-state index in [1.807, 2.05) is 12.1 Å². The number of nitrogens with zero attached hydrogens (tertiary/aromatic N) is 1. The third-order valence-corrected chi connectivity index (χ3v) is 2.84. The maximum Gasteiger partial charge on any atom is 0.0991 e. The van der Waals surface area contributed by atoms with Crippen LogP contribution >= 0.6 is 0 Å². The van der Waals surface area contributed by atoms with Gasteiger partial charge < -0.3 is 5.41 Å². The highest BCUT2D eigenvalue weighted by molar-refractivity contribution is 5.98. The third kappa shape index (κ3) is 2.66. The van der Waals surface area contributed by atoms with Crippen molar-refractivity contribution < 1.29 is 0 Å². The van der Waals surface area contributed by atoms with Crippen LogP contribution in [0, 0.1) is 22.7 Å². The molecule has 0 radical (unpaired) electrons. The summed E-state index contributed by atoms with van der Waals surface area (Å²) in [5, 5.41) is 16.7. The van der Waals surface area contributed by atoms with Crippen LogP contribution in [0.2, 0.25) is 0 Å². The second-order valence-corrected chi connectivity index (χ2v) is 4.15. The first-order valence-electron chi connectivity index (χ1n) is 5.37. The van der Waals surface area contributed by atoms with Gasteiger partial charge in [-0.05, 0) is 36.5 Å². The molecule has 0 bridgehead atoms. The molecule has 0 heterocycles. The summed E-state index contributed by atoms with van der Waals surface area (Å²) in [6.45, 7) is 0. The SMILES string of the molecule is N#Cc1cccc(C(=N)CCC2CC2)c1. The van der Waals surface area contributed by atoms with Gasteiger partial charge in [-0.1, -0.05) is 25.0 Å². The minimum Gasteiger partial charge on any atom is -0.305 e. The Bertz CT molecular complexity index is 411. The summed E-state index contributed by atoms with van der Waals surface area (Å²) in [7, 11) is 0. The average molecular weight is 198 g/mol. The minimum atomic E-state index is 0.642. The van der Waals surface area contributed by atoms with Crippen LogP contribution in [0.15, 0.2) is 24.3 Å². The summed E-state index contributed by atoms with van der Waals surface area (Å²) in [6, 6.07) is 9.44. The van der Waals surface area contributed by atoms with Crippen LogP contribution in [-0.4, -0.2) is 5.71 Å². The van der Waals surface area contributed by atoms with E-state index in [1.165, 1.54) is 12.8 Å². The molecule has 2 heteroatoms. The first kappa shape index (κ1) is 9.92. The fourth-order valence-electron chi connectivity index (χ4n) is 1.68. The molecule has 1 N–H and O–H groups in total. The van der Waals surface area contributed by atoms with Gasteiger partial charge in [0.1, 0.15) is 0 Å². The highest BCUT2D eigenvalue weighted by Crippen LogP contribution is 2.33. The van der Waals surface area contributed by atoms with E-state index in [0.717, 1.165) is 24.3 Å². The molecule has 2 rings (SSSR count). The average Bonchev–Trinajstić information content (AvgIpc) is 3.10. The summed E-state index contributed by atoms with van der Waals surface area (Å²) >= 11 is 0. The van der Waals surface area contributed by atoms with Crippen molar-refractivity contribution in [3.8, 4) is 6.07 Å². The van der Waals surface area contributed by atoms with Gasteiger partial charge in [-0.25, -0.2) is 0 Å². The molecular formula is C13H14N2. The maximum absolute atomic E-state index is 8.75. The number of rotatable bonds is 4. The zero-order valence-corrected chi connectivity index (χ0v) is 8.66. The van der Waals surface area contributed by atoms with Crippen molar-refractivity contribution in [1.29, 1.82) is 10.7 Å². The summed E-state index contributed by atoms with van der Waals surface area (Å²) < 4.78 is 0. The van der Waals surface area contributed by atoms with Gasteiger partial charge in [0.15, 0.2) is 0 Å². The van der Waals surface area contributed by atoms with Crippen LogP contribution in [0.1, 0.15) is 36.8 Å². The number of nitrogens with one attached hydrogen (secondary N) is 1. The van der Waals surface area contributed by atoms with Crippen molar-refractivity contribution >= 4 is 5.71 Å². The van der Waals surface area contributed by atoms with E-state index in [1.54, 1.807) is 12.1 Å². The van der Waals surface area contributed by atoms with Crippen molar-refractivity contribution in [2.24, 2.45) is 5.92 Å². The van der Waals surface area contributed by atoms with Gasteiger partial charge in [0.25, 0.3) is 0 Å². The lowest BCUT2D eigenvalue weighted by atomic mass is 10.0. The molecule has 2 nitrogen and oxygen atoms in total. The Kier molecular flexibility index (Phi) is 2.82. The molecule has 0 atom stereocenters. The molecule has 0 aromatic heterocycles. The predicted octanol–water partition coefficient (Wildman–Crippen LogP) is 3.12. The van der Waals surface area contributed by atoms with Gasteiger partial charge in [-0.3, -0.25) is 0 Å². The van der Waals surface area contributed by atoms with E-state index in [-0.39, 0.29) is 0 Å². The summed E-state index contributed by atoms with van der Waals surface area (Å²) in [6.07, 6.45) is 4.66. The molecular weight excluding hydrogens is 184 g/mol. The van der Waals surface area contributed by atoms with E-state index in [0.29, 0.717) is 11.3 Å². The molecule has 15 heavy (non-hydrogen) atoms. The lowest BCUT2D eigenvalue weighted by Gasteiger charge is -2.03. The first-order chi connectivity index (χ1) is 7.29. The Morgan fingerprint density at radius 1 is 1.47 bits per heavy atom. The number of hydrogen-bond acceptors (Lipinski definition) is 2. The first-order valence-corrected chi connectivity index (χ1v) is 5.37. The van der Waals surface area contributed by atoms with Gasteiger partial charge in [-0.2, -0.15) is 5.26 Å². The molecule has 76 valence electrons. The zero-order chi connectivity index (χ0) is 10.7. The smallest absolute Gasteiger partial charge is 0.0991 e. The van der Waals surface area contributed by atoms with Crippen LogP contribution in [-0.2, 0) is 0 Å². The second kappa shape index (κ2) is 4.27. The fraction of sp³-hybridized carbons (Fsp3) is 0.385. The van der Waals surface area contributed by atoms with E-state index < -0.39 is 0 Å². The van der Waals surface area contributed by atoms with Crippen LogP contribution < -0.4 is 0 Å². The number of benzene rings is 1. The standard InChI is InChI=1S/C13H14N2/c14-9-11-2-1-3-12(8-11)13(15)7-6-10-4-5-10/h1-3,8,10,15H,4-7H2. The van der Waals surface area contributed by atoms with Gasteiger partial charge in [0.05, 0.1) is 11.6 Å². The Balaban J connectivity index is 2.00. The molecule has 1 fully saturated rings. The van der Waals surface area contributed by atoms with Crippen molar-refractivity contribution in [3.05, 3.63) is 35.4 Å². The second-order valence-electron chi connectivity index (χ2n) is 4.15. The zero-order valence-electron chi connectivity index (χ0n) is 8.66. The van der Waals surface area contributed by atoms with Crippen molar-refractivity contribution in [1.82, 2.24) is 0 Å². The van der Waals surface area contributed by atoms with Crippen LogP contribution in [0.3, 0.4) is 0 Å². The summed E-state index contributed by atoms with van der Waals surface area (Å²) in [5.74, 6) is 0.865. The molecule has 1 aliphatic carbocycles. The van der Waals surface area contributed by atoms with E-state index in [2.05, 4.69) is 6.07 Å². The van der Waals surface area contributed by atoms with Gasteiger partial charge in [0.2, 0.25) is 0 Å². The molecule has 0 spiro atoms. The molecule has 0 aliphatic heterocycles. The predicted molar refractivity (Wildman–Crippen MR) is 59.9 cm³/mol. The topological polar surface area (TPSA) is 47.6 Å². The largest absolute Gasteiger partial charge is 0.305 e. The molecule has 0 amide bonds. The fourth-order valence-corrected chi connectivity index (χ4v) is 1.68. The normalized spacial score (nSPS) is 14.6. The highest BCUT2D eigenvalue weighted by Gasteiger charge is 2.21. The van der Waals surface area contributed by atoms with E-state index >= 15 is 0 Å². The van der Waals surface area contributed by atoms with Gasteiger partial charge in [-0.15, -0.1) is 0 Å². The summed E-state index contributed by atoms with van der Waals surface area (Å²) in [5.41, 5.74) is 2.21. The monoisotopic (exact) mass is 198 g/mol. The number of hydrogen-bond donors (Lipinski definition) is 1. The van der Waals surface area contributed by atoms with Crippen LogP contribution in [0.4, 0.5) is 0 Å². The molecule has 0 saturated heterocycles. The lowest BCUT2D eigenvalue weighted by Crippen LogP contribution is -1.99. The Hall–Kier alpha value is -1.62. The van der Waals surface area contributed by atoms with E-state index in [9.17, 15) is 0 Å². The quantitative estimate of drug-likeness (QED) is 0.742. The Labute approximate surface area is 90.1 Å². The Morgan fingerprint density at radius 2 is 2.27 bits per heavy atom. The minimum absolute atomic E-state index is 0.642. The van der Waals surface area contributed by atoms with Crippen molar-refractivity contribution in [2.45, 2.75) is 25.7 Å². The molecule has 1 aliphatic rings. The highest BCUT2D eigenvalue weighted by atomic mass is 14.4. The van der Waals surface area contributed by atoms with Crippen molar-refractivity contribution in [3.63, 3.8) is 0 Å². The molecule has 0 unspecified atom stereocenters. The van der Waals surface area contributed by atoms with Crippen LogP contribution in [0.25, 0.3) is 0 Å². The van der Waals surface area contributed by atoms with Gasteiger partial charge >= 0.3 is 0 Å². The maximum atomic E-state index is 8.75. The summed E-state index contributed by atoms with van der Waals surface area (Å²) in [4.78, 5) is 0. The lowest BCUT2D eigenvalue weighted by molar-refractivity contribution is 0.757. The molecule has 1 saturated carbocycles. The molecule has 1 aromatic rings. The third-order valence-electron chi connectivity index (χ3n) is 2.84. The van der Waals surface area contributed by atoms with Gasteiger partial charge in [0, 0.05) is 5.71 Å². The van der Waals surface area contributed by atoms with Crippen molar-refractivity contribution in [2.75, 3.05) is 0 Å².